The minimum Gasteiger partial charge on any atom is -0.487 e. The van der Waals surface area contributed by atoms with Crippen molar-refractivity contribution in [3.05, 3.63) is 59.7 Å². The number of anilines is 1. The normalized spacial score (nSPS) is 24.0. The van der Waals surface area contributed by atoms with Gasteiger partial charge in [0.05, 0.1) is 31.7 Å². The average Bonchev–Trinajstić information content (AvgIpc) is 3.16. The summed E-state index contributed by atoms with van der Waals surface area (Å²) in [5, 5.41) is 15.9. The molecule has 1 fully saturated rings. The van der Waals surface area contributed by atoms with Gasteiger partial charge in [-0.25, -0.2) is 0 Å². The Kier molecular flexibility index (Phi) is 7.50. The number of amides is 2. The number of likely N-dealkylation sites (N-methyl/N-ethyl adjacent to an activating group) is 1. The first-order valence-electron chi connectivity index (χ1n) is 11.7. The first kappa shape index (κ1) is 24.2. The zero-order valence-electron chi connectivity index (χ0n) is 19.9. The van der Waals surface area contributed by atoms with E-state index in [-0.39, 0.29) is 49.0 Å². The molecule has 2 aromatic carbocycles. The molecule has 0 bridgehead atoms. The van der Waals surface area contributed by atoms with Gasteiger partial charge in [0.25, 0.3) is 0 Å². The summed E-state index contributed by atoms with van der Waals surface area (Å²) >= 11 is 0. The molecule has 8 nitrogen and oxygen atoms in total. The Balaban J connectivity index is 1.43. The molecule has 34 heavy (non-hydrogen) atoms. The molecule has 0 unspecified atom stereocenters. The van der Waals surface area contributed by atoms with Crippen molar-refractivity contribution in [3.8, 4) is 5.75 Å². The molecule has 2 amide bonds. The third kappa shape index (κ3) is 5.58. The Morgan fingerprint density at radius 1 is 1.15 bits per heavy atom. The van der Waals surface area contributed by atoms with Crippen LogP contribution < -0.4 is 15.4 Å². The summed E-state index contributed by atoms with van der Waals surface area (Å²) in [6.07, 6.45) is -0.400. The Morgan fingerprint density at radius 2 is 1.91 bits per heavy atom. The van der Waals surface area contributed by atoms with Crippen LogP contribution in [-0.4, -0.2) is 67.4 Å². The summed E-state index contributed by atoms with van der Waals surface area (Å²) in [6, 6.07) is 15.3. The summed E-state index contributed by atoms with van der Waals surface area (Å²) in [7, 11) is 3.68. The predicted molar refractivity (Wildman–Crippen MR) is 129 cm³/mol. The lowest BCUT2D eigenvalue weighted by molar-refractivity contribution is -0.142. The van der Waals surface area contributed by atoms with Gasteiger partial charge in [0.1, 0.15) is 18.0 Å². The maximum absolute atomic E-state index is 12.8. The van der Waals surface area contributed by atoms with Gasteiger partial charge < -0.3 is 30.1 Å². The van der Waals surface area contributed by atoms with Gasteiger partial charge in [-0.15, -0.1) is 0 Å². The van der Waals surface area contributed by atoms with Gasteiger partial charge in [0.2, 0.25) is 11.8 Å². The predicted octanol–water partition coefficient (Wildman–Crippen LogP) is 2.45. The van der Waals surface area contributed by atoms with Crippen LogP contribution in [0.2, 0.25) is 0 Å². The number of aliphatic hydroxyl groups excluding tert-OH is 1. The maximum atomic E-state index is 12.8. The number of carbonyl (C=O) groups is 2. The topological polar surface area (TPSA) is 100 Å². The summed E-state index contributed by atoms with van der Waals surface area (Å²) in [5.41, 5.74) is 2.71. The van der Waals surface area contributed by atoms with Crippen LogP contribution in [0, 0.1) is 0 Å². The molecular weight excluding hydrogens is 434 g/mol. The lowest BCUT2D eigenvalue weighted by Crippen LogP contribution is -2.47. The van der Waals surface area contributed by atoms with Crippen LogP contribution in [0.3, 0.4) is 0 Å². The number of ether oxygens (including phenoxy) is 2. The maximum Gasteiger partial charge on any atom is 0.238 e. The van der Waals surface area contributed by atoms with Crippen molar-refractivity contribution in [2.45, 2.75) is 50.0 Å². The standard InChI is InChI=1S/C26H33N3O5/c1-16(17-7-5-4-6-8-17)27-24(31)13-19-12-21-20-11-18(28-25(32)14-29(2)3)9-10-22(20)34-26(21)23(15-30)33-19/h4-11,16,19,21,23,26,30H,12-15H2,1-3H3,(H,27,31)(H,28,32)/t16-,19-,21-,23-,26+/m0/s1. The molecule has 2 heterocycles. The quantitative estimate of drug-likeness (QED) is 0.552. The number of nitrogens with one attached hydrogen (secondary N) is 2. The van der Waals surface area contributed by atoms with Crippen molar-refractivity contribution < 1.29 is 24.2 Å². The molecule has 2 aliphatic rings. The smallest absolute Gasteiger partial charge is 0.238 e. The van der Waals surface area contributed by atoms with E-state index in [2.05, 4.69) is 10.6 Å². The van der Waals surface area contributed by atoms with Gasteiger partial charge in [-0.1, -0.05) is 30.3 Å². The highest BCUT2D eigenvalue weighted by molar-refractivity contribution is 5.92. The molecule has 0 aliphatic carbocycles. The first-order chi connectivity index (χ1) is 16.3. The number of benzene rings is 2. The number of aliphatic hydroxyl groups is 1. The van der Waals surface area contributed by atoms with Crippen LogP contribution in [-0.2, 0) is 14.3 Å². The molecule has 0 saturated carbocycles. The van der Waals surface area contributed by atoms with Gasteiger partial charge >= 0.3 is 0 Å². The van der Waals surface area contributed by atoms with Crippen molar-refractivity contribution in [2.24, 2.45) is 0 Å². The summed E-state index contributed by atoms with van der Waals surface area (Å²) < 4.78 is 12.2. The van der Waals surface area contributed by atoms with Crippen LogP contribution in [0.4, 0.5) is 5.69 Å². The highest BCUT2D eigenvalue weighted by Crippen LogP contribution is 2.47. The Hall–Kier alpha value is -2.94. The minimum atomic E-state index is -0.526. The minimum absolute atomic E-state index is 0.0315. The molecule has 0 spiro atoms. The number of hydrogen-bond donors (Lipinski definition) is 3. The second-order valence-electron chi connectivity index (χ2n) is 9.35. The van der Waals surface area contributed by atoms with Crippen LogP contribution in [0.25, 0.3) is 0 Å². The molecular formula is C26H33N3O5. The molecule has 4 rings (SSSR count). The summed E-state index contributed by atoms with van der Waals surface area (Å²) in [5.74, 6) is 0.504. The van der Waals surface area contributed by atoms with E-state index in [9.17, 15) is 14.7 Å². The number of carbonyl (C=O) groups excluding carboxylic acids is 2. The lowest BCUT2D eigenvalue weighted by atomic mass is 9.84. The molecule has 8 heteroatoms. The van der Waals surface area contributed by atoms with Crippen molar-refractivity contribution in [2.75, 3.05) is 32.6 Å². The second kappa shape index (κ2) is 10.5. The van der Waals surface area contributed by atoms with E-state index in [0.29, 0.717) is 18.7 Å². The highest BCUT2D eigenvalue weighted by Gasteiger charge is 2.46. The zero-order valence-corrected chi connectivity index (χ0v) is 19.9. The van der Waals surface area contributed by atoms with E-state index < -0.39 is 6.10 Å². The molecule has 2 aliphatic heterocycles. The van der Waals surface area contributed by atoms with Crippen molar-refractivity contribution in [1.82, 2.24) is 10.2 Å². The number of fused-ring (bicyclic) bond motifs is 3. The molecule has 3 N–H and O–H groups in total. The molecule has 5 atom stereocenters. The Morgan fingerprint density at radius 3 is 2.62 bits per heavy atom. The van der Waals surface area contributed by atoms with E-state index >= 15 is 0 Å². The van der Waals surface area contributed by atoms with E-state index in [1.807, 2.05) is 69.6 Å². The van der Waals surface area contributed by atoms with Crippen LogP contribution in [0.15, 0.2) is 48.5 Å². The molecule has 2 aromatic rings. The Bertz CT molecular complexity index is 1010. The first-order valence-corrected chi connectivity index (χ1v) is 11.7. The SMILES string of the molecule is C[C@H](NC(=O)C[C@@H]1C[C@H]2c3cc(NC(=O)CN(C)C)ccc3O[C@H]2[C@H](CO)O1)c1ccccc1. The molecule has 0 aromatic heterocycles. The van der Waals surface area contributed by atoms with E-state index in [0.717, 1.165) is 16.9 Å². The summed E-state index contributed by atoms with van der Waals surface area (Å²) in [4.78, 5) is 26.7. The number of rotatable bonds is 8. The van der Waals surface area contributed by atoms with Crippen molar-refractivity contribution in [3.63, 3.8) is 0 Å². The number of hydrogen-bond acceptors (Lipinski definition) is 6. The van der Waals surface area contributed by atoms with Gasteiger partial charge in [-0.3, -0.25) is 9.59 Å². The lowest BCUT2D eigenvalue weighted by Gasteiger charge is -2.37. The van der Waals surface area contributed by atoms with Crippen molar-refractivity contribution in [1.29, 1.82) is 0 Å². The van der Waals surface area contributed by atoms with E-state index in [1.165, 1.54) is 0 Å². The fraction of sp³-hybridized carbons (Fsp3) is 0.462. The van der Waals surface area contributed by atoms with E-state index in [1.54, 1.807) is 4.90 Å². The van der Waals surface area contributed by atoms with Crippen LogP contribution >= 0.6 is 0 Å². The second-order valence-corrected chi connectivity index (χ2v) is 9.35. The molecule has 0 radical (unpaired) electrons. The largest absolute Gasteiger partial charge is 0.487 e. The molecule has 182 valence electrons. The fourth-order valence-electron chi connectivity index (χ4n) is 4.79. The zero-order chi connectivity index (χ0) is 24.2. The van der Waals surface area contributed by atoms with Crippen LogP contribution in [0.5, 0.6) is 5.75 Å². The molecule has 1 saturated heterocycles. The van der Waals surface area contributed by atoms with Crippen molar-refractivity contribution >= 4 is 17.5 Å². The van der Waals surface area contributed by atoms with Gasteiger partial charge in [-0.2, -0.15) is 0 Å². The van der Waals surface area contributed by atoms with Gasteiger partial charge in [-0.05, 0) is 51.2 Å². The average molecular weight is 468 g/mol. The third-order valence-corrected chi connectivity index (χ3v) is 6.33. The number of nitrogens with zero attached hydrogens (tertiary/aromatic N) is 1. The van der Waals surface area contributed by atoms with Crippen LogP contribution in [0.1, 0.15) is 42.9 Å². The fourth-order valence-corrected chi connectivity index (χ4v) is 4.79. The summed E-state index contributed by atoms with van der Waals surface area (Å²) in [6.45, 7) is 2.05. The van der Waals surface area contributed by atoms with Gasteiger partial charge in [0.15, 0.2) is 0 Å². The Labute approximate surface area is 200 Å². The monoisotopic (exact) mass is 467 g/mol. The van der Waals surface area contributed by atoms with Gasteiger partial charge in [0, 0.05) is 17.2 Å². The van der Waals surface area contributed by atoms with E-state index in [4.69, 9.17) is 9.47 Å². The third-order valence-electron chi connectivity index (χ3n) is 6.33. The highest BCUT2D eigenvalue weighted by atomic mass is 16.6.